The molecule has 0 amide bonds. The fraction of sp³-hybridized carbons (Fsp3) is 0.235. The molecular weight excluding hydrogens is 324 g/mol. The number of aromatic hydroxyl groups is 1. The maximum atomic E-state index is 10.2. The van der Waals surface area contributed by atoms with Crippen molar-refractivity contribution in [3.05, 3.63) is 52.6 Å². The summed E-state index contributed by atoms with van der Waals surface area (Å²) < 4.78 is 7.63. The maximum absolute atomic E-state index is 10.2. The van der Waals surface area contributed by atoms with E-state index < -0.39 is 0 Å². The molecule has 0 unspecified atom stereocenters. The van der Waals surface area contributed by atoms with E-state index in [0.717, 1.165) is 30.2 Å². The average Bonchev–Trinajstić information content (AvgIpc) is 3.24. The van der Waals surface area contributed by atoms with Crippen LogP contribution in [0.4, 0.5) is 0 Å². The number of fused-ring (bicyclic) bond motifs is 1. The molecule has 3 aromatic rings. The zero-order valence-electron chi connectivity index (χ0n) is 12.8. The first-order chi connectivity index (χ1) is 11.7. The molecule has 0 radical (unpaired) electrons. The third kappa shape index (κ3) is 2.61. The smallest absolute Gasteiger partial charge is 0.216 e. The summed E-state index contributed by atoms with van der Waals surface area (Å²) in [6, 6.07) is 11.4. The normalized spacial score (nSPS) is 17.9. The quantitative estimate of drug-likeness (QED) is 0.565. The van der Waals surface area contributed by atoms with E-state index in [1.165, 1.54) is 0 Å². The number of aromatic nitrogens is 3. The molecule has 7 heteroatoms. The van der Waals surface area contributed by atoms with Crippen molar-refractivity contribution < 1.29 is 9.84 Å². The number of rotatable bonds is 3. The van der Waals surface area contributed by atoms with Crippen LogP contribution in [-0.2, 0) is 4.74 Å². The van der Waals surface area contributed by atoms with Crippen LogP contribution in [0.15, 0.2) is 41.5 Å². The van der Waals surface area contributed by atoms with Crippen molar-refractivity contribution in [2.24, 2.45) is 5.10 Å². The average molecular weight is 340 g/mol. The lowest BCUT2D eigenvalue weighted by atomic mass is 10.0. The Kier molecular flexibility index (Phi) is 3.87. The summed E-state index contributed by atoms with van der Waals surface area (Å²) in [4.78, 5) is 0. The van der Waals surface area contributed by atoms with Gasteiger partial charge in [-0.05, 0) is 41.9 Å². The van der Waals surface area contributed by atoms with Gasteiger partial charge in [-0.25, -0.2) is 0 Å². The highest BCUT2D eigenvalue weighted by atomic mass is 32.1. The predicted molar refractivity (Wildman–Crippen MR) is 93.9 cm³/mol. The monoisotopic (exact) mass is 340 g/mol. The summed E-state index contributed by atoms with van der Waals surface area (Å²) in [5.41, 5.74) is 0.648. The predicted octanol–water partition coefficient (Wildman–Crippen LogP) is 3.53. The van der Waals surface area contributed by atoms with Crippen molar-refractivity contribution in [3.8, 4) is 5.75 Å². The van der Waals surface area contributed by atoms with Crippen LogP contribution >= 0.6 is 12.2 Å². The molecule has 1 aromatic heterocycles. The Balaban J connectivity index is 1.78. The van der Waals surface area contributed by atoms with Gasteiger partial charge in [0, 0.05) is 12.2 Å². The highest BCUT2D eigenvalue weighted by Crippen LogP contribution is 2.28. The molecule has 1 atom stereocenters. The molecule has 1 aliphatic rings. The third-order valence-electron chi connectivity index (χ3n) is 4.14. The molecule has 0 aliphatic carbocycles. The van der Waals surface area contributed by atoms with E-state index in [-0.39, 0.29) is 11.9 Å². The van der Waals surface area contributed by atoms with Crippen LogP contribution in [-0.4, -0.2) is 32.8 Å². The molecule has 1 aliphatic heterocycles. The molecule has 1 fully saturated rings. The lowest BCUT2D eigenvalue weighted by molar-refractivity contribution is 0.102. The van der Waals surface area contributed by atoms with Crippen LogP contribution in [0.2, 0.25) is 0 Å². The number of hydrogen-bond donors (Lipinski definition) is 2. The van der Waals surface area contributed by atoms with Crippen LogP contribution < -0.4 is 0 Å². The van der Waals surface area contributed by atoms with Crippen LogP contribution in [0.25, 0.3) is 10.8 Å². The van der Waals surface area contributed by atoms with Gasteiger partial charge in [0.05, 0.1) is 6.21 Å². The molecule has 2 aromatic carbocycles. The maximum Gasteiger partial charge on any atom is 0.216 e. The van der Waals surface area contributed by atoms with Crippen LogP contribution in [0, 0.1) is 4.77 Å². The number of H-pyrrole nitrogens is 1. The van der Waals surface area contributed by atoms with E-state index in [1.807, 2.05) is 30.3 Å². The van der Waals surface area contributed by atoms with Gasteiger partial charge in [0.1, 0.15) is 11.9 Å². The fourth-order valence-corrected chi connectivity index (χ4v) is 3.13. The lowest BCUT2D eigenvalue weighted by Gasteiger charge is -2.08. The molecule has 122 valence electrons. The number of nitrogens with one attached hydrogen (secondary N) is 1. The minimum absolute atomic E-state index is 0.101. The lowest BCUT2D eigenvalue weighted by Crippen LogP contribution is -2.05. The molecule has 1 saturated heterocycles. The number of ether oxygens (including phenoxy) is 1. The Morgan fingerprint density at radius 3 is 3.04 bits per heavy atom. The minimum atomic E-state index is -0.101. The summed E-state index contributed by atoms with van der Waals surface area (Å²) in [6.07, 6.45) is 3.41. The van der Waals surface area contributed by atoms with E-state index in [2.05, 4.69) is 15.3 Å². The molecule has 2 heterocycles. The van der Waals surface area contributed by atoms with Crippen molar-refractivity contribution in [3.63, 3.8) is 0 Å². The molecule has 2 N–H and O–H groups in total. The Labute approximate surface area is 143 Å². The van der Waals surface area contributed by atoms with Crippen molar-refractivity contribution in [2.75, 3.05) is 6.61 Å². The topological polar surface area (TPSA) is 75.4 Å². The number of nitrogens with zero attached hydrogens (tertiary/aromatic N) is 3. The van der Waals surface area contributed by atoms with Gasteiger partial charge < -0.3 is 9.84 Å². The largest absolute Gasteiger partial charge is 0.507 e. The summed E-state index contributed by atoms with van der Waals surface area (Å²) in [7, 11) is 0. The van der Waals surface area contributed by atoms with Crippen LogP contribution in [0.3, 0.4) is 0 Å². The van der Waals surface area contributed by atoms with Crippen molar-refractivity contribution in [1.82, 2.24) is 14.9 Å². The first kappa shape index (κ1) is 15.0. The SMILES string of the molecule is Oc1ccc2ccccc2c1/C=N/n1c([C@H]2CCCO2)n[nH]c1=S. The number of phenols is 1. The second-order valence-electron chi connectivity index (χ2n) is 5.66. The Hall–Kier alpha value is -2.51. The van der Waals surface area contributed by atoms with E-state index >= 15 is 0 Å². The van der Waals surface area contributed by atoms with Crippen molar-refractivity contribution >= 4 is 29.2 Å². The Morgan fingerprint density at radius 2 is 2.21 bits per heavy atom. The number of aromatic amines is 1. The molecule has 24 heavy (non-hydrogen) atoms. The van der Waals surface area contributed by atoms with E-state index in [1.54, 1.807) is 17.0 Å². The summed E-state index contributed by atoms with van der Waals surface area (Å²) in [5, 5.41) is 23.6. The van der Waals surface area contributed by atoms with Crippen molar-refractivity contribution in [2.45, 2.75) is 18.9 Å². The van der Waals surface area contributed by atoms with Gasteiger partial charge in [-0.3, -0.25) is 5.10 Å². The summed E-state index contributed by atoms with van der Waals surface area (Å²) >= 11 is 5.27. The minimum Gasteiger partial charge on any atom is -0.507 e. The second-order valence-corrected chi connectivity index (χ2v) is 6.05. The Bertz CT molecular complexity index is 970. The number of hydrogen-bond acceptors (Lipinski definition) is 5. The number of benzene rings is 2. The molecule has 0 bridgehead atoms. The fourth-order valence-electron chi connectivity index (χ4n) is 2.94. The van der Waals surface area contributed by atoms with Gasteiger partial charge in [-0.1, -0.05) is 30.3 Å². The standard InChI is InChI=1S/C17H16N4O2S/c22-14-8-7-11-4-1-2-5-12(11)13(14)10-18-21-16(19-20-17(21)24)15-6-3-9-23-15/h1-2,4-5,7-8,10,15,22H,3,6,9H2,(H,20,24)/b18-10+/t15-/m1/s1. The van der Waals surface area contributed by atoms with E-state index in [4.69, 9.17) is 17.0 Å². The zero-order valence-corrected chi connectivity index (χ0v) is 13.7. The van der Waals surface area contributed by atoms with Gasteiger partial charge in [0.15, 0.2) is 5.82 Å². The molecule has 6 nitrogen and oxygen atoms in total. The zero-order chi connectivity index (χ0) is 16.5. The van der Waals surface area contributed by atoms with Gasteiger partial charge in [-0.15, -0.1) is 0 Å². The highest BCUT2D eigenvalue weighted by molar-refractivity contribution is 7.71. The first-order valence-corrected chi connectivity index (χ1v) is 8.19. The van der Waals surface area contributed by atoms with Gasteiger partial charge in [-0.2, -0.15) is 14.9 Å². The van der Waals surface area contributed by atoms with E-state index in [0.29, 0.717) is 16.2 Å². The molecule has 4 rings (SSSR count). The van der Waals surface area contributed by atoms with Gasteiger partial charge >= 0.3 is 0 Å². The van der Waals surface area contributed by atoms with Crippen LogP contribution in [0.1, 0.15) is 30.3 Å². The number of phenolic OH excluding ortho intramolecular Hbond substituents is 1. The molecular formula is C17H16N4O2S. The first-order valence-electron chi connectivity index (χ1n) is 7.78. The highest BCUT2D eigenvalue weighted by Gasteiger charge is 2.23. The molecule has 0 saturated carbocycles. The third-order valence-corrected chi connectivity index (χ3v) is 4.41. The summed E-state index contributed by atoms with van der Waals surface area (Å²) in [6.45, 7) is 0.720. The van der Waals surface area contributed by atoms with E-state index in [9.17, 15) is 5.11 Å². The van der Waals surface area contributed by atoms with Gasteiger partial charge in [0.25, 0.3) is 0 Å². The van der Waals surface area contributed by atoms with Crippen LogP contribution in [0.5, 0.6) is 5.75 Å². The summed E-state index contributed by atoms with van der Waals surface area (Å²) in [5.74, 6) is 0.833. The Morgan fingerprint density at radius 1 is 1.33 bits per heavy atom. The second kappa shape index (κ2) is 6.18. The van der Waals surface area contributed by atoms with Crippen molar-refractivity contribution in [1.29, 1.82) is 0 Å². The van der Waals surface area contributed by atoms with Gasteiger partial charge in [0.2, 0.25) is 4.77 Å². The molecule has 0 spiro atoms.